The van der Waals surface area contributed by atoms with Crippen molar-refractivity contribution in [1.82, 2.24) is 12.1 Å². The smallest absolute Gasteiger partial charge is 0.300 e. The standard InChI is InChI=1S/C3H8B3N3.2Al.4H/c1-3-9-5-7-4-8-6(9)2;;;;;;/h3H2,1-2H3;;;;;;/q-2;2*+1;;;;. The van der Waals surface area contributed by atoms with Gasteiger partial charge < -0.3 is 12.1 Å². The van der Waals surface area contributed by atoms with Crippen LogP contribution in [0, 0.1) is 0 Å². The summed E-state index contributed by atoms with van der Waals surface area (Å²) in [5, 5.41) is 0. The summed E-state index contributed by atoms with van der Waals surface area (Å²) < 4.78 is 6.98. The van der Waals surface area contributed by atoms with Gasteiger partial charge in [0.05, 0.1) is 0 Å². The molecule has 0 aromatic rings. The number of nitrogens with zero attached hydrogens (tertiary/aromatic N) is 3. The molecule has 1 saturated heterocycles. The van der Waals surface area contributed by atoms with Crippen LogP contribution in [0.5, 0.6) is 0 Å². The van der Waals surface area contributed by atoms with Gasteiger partial charge in [0.1, 0.15) is 0 Å². The molecule has 0 aromatic heterocycles. The highest BCUT2D eigenvalue weighted by Crippen LogP contribution is 2.02. The summed E-state index contributed by atoms with van der Waals surface area (Å²) in [5.74, 6) is 0. The third-order valence-corrected chi connectivity index (χ3v) is 3.57. The molecule has 0 aromatic carbocycles. The molecule has 8 heteroatoms. The maximum Gasteiger partial charge on any atom is 0.300 e. The molecule has 1 fully saturated rings. The molecule has 0 N–H and O–H groups in total. The molecule has 1 heterocycles. The lowest BCUT2D eigenvalue weighted by atomic mass is 9.64. The van der Waals surface area contributed by atoms with Gasteiger partial charge in [-0.05, 0) is 6.54 Å². The number of hydrogen-bond acceptors (Lipinski definition) is 3. The van der Waals surface area contributed by atoms with Crippen LogP contribution in [0.15, 0.2) is 0 Å². The van der Waals surface area contributed by atoms with Gasteiger partial charge in [0.2, 0.25) is 7.55 Å². The Bertz CT molecular complexity index is 139. The van der Waals surface area contributed by atoms with Crippen molar-refractivity contribution in [1.29, 1.82) is 0 Å². The van der Waals surface area contributed by atoms with Crippen molar-refractivity contribution in [3.63, 3.8) is 0 Å². The van der Waals surface area contributed by atoms with Gasteiger partial charge in [-0.1, -0.05) is 13.7 Å². The van der Waals surface area contributed by atoms with Gasteiger partial charge in [0.25, 0.3) is 47.6 Å². The molecule has 0 bridgehead atoms. The lowest BCUT2D eigenvalue weighted by Gasteiger charge is -2.42. The van der Waals surface area contributed by atoms with Crippen molar-refractivity contribution in [2.75, 3.05) is 6.54 Å². The van der Waals surface area contributed by atoms with Gasteiger partial charge in [-0.25, -0.2) is 0 Å². The van der Waals surface area contributed by atoms with Gasteiger partial charge in [0.15, 0.2) is 0 Å². The van der Waals surface area contributed by atoms with Crippen LogP contribution in [0.4, 0.5) is 0 Å². The molecule has 0 amide bonds. The Labute approximate surface area is 87.4 Å². The molecule has 0 saturated carbocycles. The van der Waals surface area contributed by atoms with E-state index in [0.717, 1.165) is 39.6 Å². The van der Waals surface area contributed by atoms with Crippen molar-refractivity contribution >= 4 is 55.1 Å². The third kappa shape index (κ3) is 2.54. The first-order chi connectivity index (χ1) is 5.15. The first-order valence-corrected chi connectivity index (χ1v) is 5.83. The van der Waals surface area contributed by atoms with E-state index in [1.54, 1.807) is 0 Å². The maximum atomic E-state index is 2.37. The van der Waals surface area contributed by atoms with Gasteiger partial charge >= 0.3 is 0 Å². The summed E-state index contributed by atoms with van der Waals surface area (Å²) in [4.78, 5) is 0. The van der Waals surface area contributed by atoms with E-state index in [4.69, 9.17) is 0 Å². The van der Waals surface area contributed by atoms with Gasteiger partial charge in [0, 0.05) is 0 Å². The lowest BCUT2D eigenvalue weighted by molar-refractivity contribution is 0.616. The highest BCUT2D eigenvalue weighted by molar-refractivity contribution is 6.81. The fourth-order valence-corrected chi connectivity index (χ4v) is 3.11. The van der Waals surface area contributed by atoms with Crippen LogP contribution in [0.2, 0.25) is 6.82 Å². The molecule has 0 spiro atoms. The predicted molar refractivity (Wildman–Crippen MR) is 56.3 cm³/mol. The van der Waals surface area contributed by atoms with E-state index in [2.05, 4.69) is 41.0 Å². The second-order valence-corrected chi connectivity index (χ2v) is 5.09. The predicted octanol–water partition coefficient (Wildman–Crippen LogP) is -2.79. The zero-order valence-electron chi connectivity index (χ0n) is 7.78. The van der Waals surface area contributed by atoms with Crippen LogP contribution in [0.25, 0.3) is 0 Å². The molecule has 3 nitrogen and oxygen atoms in total. The normalized spacial score (nSPS) is 22.9. The molecule has 2 radical (unpaired) electrons. The quantitative estimate of drug-likeness (QED) is 0.400. The van der Waals surface area contributed by atoms with Crippen LogP contribution in [0.3, 0.4) is 0 Å². The SMILES string of the molecule is CCN1[B][N]([AlH2])[B][N]([AlH2])B1C. The average molecular weight is 177 g/mol. The minimum Gasteiger partial charge on any atom is -0.458 e. The Morgan fingerprint density at radius 2 is 2.00 bits per heavy atom. The second kappa shape index (κ2) is 4.40. The molecule has 1 aliphatic heterocycles. The molecule has 11 heavy (non-hydrogen) atoms. The summed E-state index contributed by atoms with van der Waals surface area (Å²) in [6, 6.07) is 0. The highest BCUT2D eigenvalue weighted by Gasteiger charge is 2.28. The van der Waals surface area contributed by atoms with Crippen molar-refractivity contribution in [3.8, 4) is 0 Å². The first kappa shape index (κ1) is 10.2. The fraction of sp³-hybridized carbons (Fsp3) is 1.00. The van der Waals surface area contributed by atoms with Crippen LogP contribution in [-0.2, 0) is 0 Å². The number of hydrogen-bond donors (Lipinski definition) is 0. The topological polar surface area (TPSA) is 9.72 Å². The molecule has 0 aliphatic carbocycles. The van der Waals surface area contributed by atoms with E-state index >= 15 is 0 Å². The molecule has 1 aliphatic rings. The summed E-state index contributed by atoms with van der Waals surface area (Å²) in [5.41, 5.74) is 0. The Kier molecular flexibility index (Phi) is 4.09. The van der Waals surface area contributed by atoms with Crippen molar-refractivity contribution in [2.24, 2.45) is 0 Å². The minimum absolute atomic E-state index is 0.567. The van der Waals surface area contributed by atoms with Crippen molar-refractivity contribution in [3.05, 3.63) is 0 Å². The molecular formula is C3H12Al2B3N3. The minimum atomic E-state index is 0.567. The van der Waals surface area contributed by atoms with E-state index in [-0.39, 0.29) is 0 Å². The molecule has 0 unspecified atom stereocenters. The summed E-state index contributed by atoms with van der Waals surface area (Å²) in [6.45, 7) is 6.12. The molecule has 1 rings (SSSR count). The highest BCUT2D eigenvalue weighted by atomic mass is 27.1. The van der Waals surface area contributed by atoms with E-state index in [0.29, 0.717) is 6.98 Å². The fourth-order valence-electron chi connectivity index (χ4n) is 1.32. The van der Waals surface area contributed by atoms with Crippen molar-refractivity contribution < 1.29 is 0 Å². The Morgan fingerprint density at radius 3 is 2.55 bits per heavy atom. The largest absolute Gasteiger partial charge is 0.458 e. The van der Waals surface area contributed by atoms with E-state index in [9.17, 15) is 0 Å². The van der Waals surface area contributed by atoms with Crippen LogP contribution >= 0.6 is 0 Å². The third-order valence-electron chi connectivity index (χ3n) is 2.13. The summed E-state index contributed by atoms with van der Waals surface area (Å²) in [7, 11) is 4.43. The zero-order valence-corrected chi connectivity index (χ0v) is 11.8. The van der Waals surface area contributed by atoms with Crippen LogP contribution < -0.4 is 0 Å². The van der Waals surface area contributed by atoms with Crippen molar-refractivity contribution in [2.45, 2.75) is 13.7 Å². The Balaban J connectivity index is 2.51. The van der Waals surface area contributed by atoms with Gasteiger partial charge in [-0.2, -0.15) is 0 Å². The van der Waals surface area contributed by atoms with Crippen LogP contribution in [0.1, 0.15) is 6.92 Å². The average Bonchev–Trinajstić information content (AvgIpc) is 1.96. The zero-order chi connectivity index (χ0) is 8.43. The van der Waals surface area contributed by atoms with Gasteiger partial charge in [-0.15, -0.1) is 0 Å². The molecule has 54 valence electrons. The molecular weight excluding hydrogens is 164 g/mol. The Morgan fingerprint density at radius 1 is 1.36 bits per heavy atom. The maximum absolute atomic E-state index is 2.37. The number of rotatable bonds is 1. The first-order valence-electron chi connectivity index (χ1n) is 4.04. The summed E-state index contributed by atoms with van der Waals surface area (Å²) >= 11 is 2.20. The second-order valence-electron chi connectivity index (χ2n) is 3.02. The summed E-state index contributed by atoms with van der Waals surface area (Å²) in [6.07, 6.45) is 0. The Hall–Kier alpha value is 1.14. The van der Waals surface area contributed by atoms with Crippen LogP contribution in [-0.4, -0.2) is 73.8 Å². The monoisotopic (exact) mass is 177 g/mol. The lowest BCUT2D eigenvalue weighted by Crippen LogP contribution is -2.65. The van der Waals surface area contributed by atoms with E-state index < -0.39 is 0 Å². The molecule has 0 atom stereocenters. The van der Waals surface area contributed by atoms with E-state index in [1.807, 2.05) is 0 Å². The van der Waals surface area contributed by atoms with Gasteiger partial charge in [-0.3, -0.25) is 0 Å². The van der Waals surface area contributed by atoms with E-state index in [1.165, 1.54) is 0 Å².